The average molecular weight is 436 g/mol. The number of amides is 2. The summed E-state index contributed by atoms with van der Waals surface area (Å²) in [6.45, 7) is 6.36. The fourth-order valence-electron chi connectivity index (χ4n) is 4.61. The van der Waals surface area contributed by atoms with Gasteiger partial charge in [-0.1, -0.05) is 19.9 Å². The van der Waals surface area contributed by atoms with Crippen LogP contribution in [0.5, 0.6) is 0 Å². The zero-order valence-corrected chi connectivity index (χ0v) is 18.5. The first-order valence-corrected chi connectivity index (χ1v) is 10.7. The molecule has 2 N–H and O–H groups in total. The van der Waals surface area contributed by atoms with Crippen LogP contribution in [0.25, 0.3) is 11.3 Å². The van der Waals surface area contributed by atoms with Crippen molar-refractivity contribution in [2.45, 2.75) is 53.0 Å². The molecule has 2 amide bonds. The Morgan fingerprint density at radius 3 is 2.81 bits per heavy atom. The van der Waals surface area contributed by atoms with E-state index in [1.165, 1.54) is 13.0 Å². The summed E-state index contributed by atoms with van der Waals surface area (Å²) in [7, 11) is 0. The Morgan fingerprint density at radius 2 is 2.09 bits per heavy atom. The summed E-state index contributed by atoms with van der Waals surface area (Å²) in [5.74, 6) is -0.938. The van der Waals surface area contributed by atoms with Gasteiger partial charge < -0.3 is 15.2 Å². The average Bonchev–Trinajstić information content (AvgIpc) is 3.21. The van der Waals surface area contributed by atoms with Crippen molar-refractivity contribution in [3.05, 3.63) is 47.2 Å². The maximum Gasteiger partial charge on any atom is 0.229 e. The van der Waals surface area contributed by atoms with Gasteiger partial charge in [-0.3, -0.25) is 9.59 Å². The monoisotopic (exact) mass is 435 g/mol. The van der Waals surface area contributed by atoms with Gasteiger partial charge in [0.15, 0.2) is 5.82 Å². The lowest BCUT2D eigenvalue weighted by atomic mass is 9.90. The minimum Gasteiger partial charge on any atom is -0.343 e. The smallest absolute Gasteiger partial charge is 0.229 e. The maximum absolute atomic E-state index is 14.8. The topological polar surface area (TPSA) is 99.8 Å². The van der Waals surface area contributed by atoms with Gasteiger partial charge in [-0.15, -0.1) is 0 Å². The highest BCUT2D eigenvalue weighted by atomic mass is 19.1. The van der Waals surface area contributed by atoms with Crippen LogP contribution in [0.2, 0.25) is 0 Å². The molecule has 0 saturated heterocycles. The molecule has 0 fully saturated rings. The predicted octanol–water partition coefficient (Wildman–Crippen LogP) is 3.90. The number of allylic oxidation sites excluding steroid dienone is 2. The summed E-state index contributed by atoms with van der Waals surface area (Å²) in [4.78, 5) is 28.2. The number of halogens is 1. The van der Waals surface area contributed by atoms with E-state index in [9.17, 15) is 19.2 Å². The number of carbonyl (C=O) groups is 2. The number of hydrogen-bond acceptors (Lipinski definition) is 4. The van der Waals surface area contributed by atoms with Gasteiger partial charge in [-0.05, 0) is 43.2 Å². The van der Waals surface area contributed by atoms with Gasteiger partial charge in [0.05, 0.1) is 17.5 Å². The van der Waals surface area contributed by atoms with Crippen molar-refractivity contribution >= 4 is 17.6 Å². The number of fused-ring (bicyclic) bond motifs is 1. The number of anilines is 1. The van der Waals surface area contributed by atoms with Crippen LogP contribution in [0.4, 0.5) is 10.2 Å². The minimum absolute atomic E-state index is 0.0163. The van der Waals surface area contributed by atoms with E-state index in [1.807, 2.05) is 10.6 Å². The van der Waals surface area contributed by atoms with E-state index in [0.29, 0.717) is 42.6 Å². The minimum atomic E-state index is -0.508. The zero-order chi connectivity index (χ0) is 23.0. The Kier molecular flexibility index (Phi) is 5.59. The molecular weight excluding hydrogens is 409 g/mol. The van der Waals surface area contributed by atoms with Crippen LogP contribution < -0.4 is 10.6 Å². The number of nitrogens with one attached hydrogen (secondary N) is 2. The molecule has 2 aliphatic rings. The Bertz CT molecular complexity index is 1170. The Morgan fingerprint density at radius 1 is 1.31 bits per heavy atom. The molecule has 1 aliphatic carbocycles. The van der Waals surface area contributed by atoms with Crippen molar-refractivity contribution in [3.8, 4) is 17.3 Å². The Balaban J connectivity index is 1.58. The lowest BCUT2D eigenvalue weighted by Crippen LogP contribution is -2.29. The molecule has 8 heteroatoms. The third-order valence-electron chi connectivity index (χ3n) is 6.02. The van der Waals surface area contributed by atoms with Crippen molar-refractivity contribution in [2.75, 3.05) is 5.32 Å². The Labute approximate surface area is 186 Å². The van der Waals surface area contributed by atoms with E-state index in [2.05, 4.69) is 35.5 Å². The van der Waals surface area contributed by atoms with E-state index in [4.69, 9.17) is 0 Å². The van der Waals surface area contributed by atoms with Crippen LogP contribution in [0, 0.1) is 28.5 Å². The summed E-state index contributed by atoms with van der Waals surface area (Å²) in [5, 5.41) is 15.1. The molecule has 7 nitrogen and oxygen atoms in total. The molecule has 32 heavy (non-hydrogen) atoms. The van der Waals surface area contributed by atoms with Crippen molar-refractivity contribution < 1.29 is 14.0 Å². The number of aromatic nitrogens is 2. The van der Waals surface area contributed by atoms with Gasteiger partial charge in [0.2, 0.25) is 11.8 Å². The van der Waals surface area contributed by atoms with Crippen LogP contribution in [-0.2, 0) is 22.6 Å². The Hall–Kier alpha value is -3.47. The summed E-state index contributed by atoms with van der Waals surface area (Å²) < 4.78 is 16.8. The molecular formula is C24H26FN5O2. The number of rotatable bonds is 4. The lowest BCUT2D eigenvalue weighted by molar-refractivity contribution is -0.121. The summed E-state index contributed by atoms with van der Waals surface area (Å²) in [5.41, 5.74) is 3.11. The standard InChI is InChI=1S/C24H26FN5O2/c1-14(31)28-17-6-4-5-15(7-17)23(32)29-22-9-18(19(25)12-27-22)20-8-16(11-26)21-10-24(2,3)13-30(20)21/h6,8-9,12,15H,4-5,7,10,13H2,1-3H3,(H,28,31)(H,27,29,32)/t15-/m0/s1. The molecule has 1 atom stereocenters. The van der Waals surface area contributed by atoms with E-state index < -0.39 is 5.82 Å². The third-order valence-corrected chi connectivity index (χ3v) is 6.02. The zero-order valence-electron chi connectivity index (χ0n) is 18.5. The first-order chi connectivity index (χ1) is 15.2. The summed E-state index contributed by atoms with van der Waals surface area (Å²) in [6.07, 6.45) is 5.57. The molecule has 0 unspecified atom stereocenters. The van der Waals surface area contributed by atoms with Crippen molar-refractivity contribution in [1.29, 1.82) is 5.26 Å². The molecule has 0 bridgehead atoms. The molecule has 2 aromatic heterocycles. The fourth-order valence-corrected chi connectivity index (χ4v) is 4.61. The molecule has 166 valence electrons. The van der Waals surface area contributed by atoms with E-state index in [-0.39, 0.29) is 29.0 Å². The van der Waals surface area contributed by atoms with Crippen LogP contribution in [0.3, 0.4) is 0 Å². The largest absolute Gasteiger partial charge is 0.343 e. The van der Waals surface area contributed by atoms with Crippen LogP contribution >= 0.6 is 0 Å². The second kappa shape index (κ2) is 8.23. The summed E-state index contributed by atoms with van der Waals surface area (Å²) in [6, 6.07) is 5.45. The molecule has 0 saturated carbocycles. The van der Waals surface area contributed by atoms with Crippen LogP contribution in [-0.4, -0.2) is 21.4 Å². The number of hydrogen-bond donors (Lipinski definition) is 2. The van der Waals surface area contributed by atoms with Crippen molar-refractivity contribution in [2.24, 2.45) is 11.3 Å². The highest BCUT2D eigenvalue weighted by Gasteiger charge is 2.33. The SMILES string of the molecule is CC(=O)NC1=CCC[C@H](C(=O)Nc2cc(-c3cc(C#N)c4n3CC(C)(C)C4)c(F)cn2)C1. The summed E-state index contributed by atoms with van der Waals surface area (Å²) >= 11 is 0. The molecule has 4 rings (SSSR count). The van der Waals surface area contributed by atoms with Crippen LogP contribution in [0.1, 0.15) is 51.3 Å². The molecule has 1 aliphatic heterocycles. The third kappa shape index (κ3) is 4.28. The second-order valence-electron chi connectivity index (χ2n) is 9.36. The lowest BCUT2D eigenvalue weighted by Gasteiger charge is -2.22. The molecule has 0 radical (unpaired) electrons. The van der Waals surface area contributed by atoms with E-state index in [0.717, 1.165) is 24.0 Å². The van der Waals surface area contributed by atoms with Crippen molar-refractivity contribution in [3.63, 3.8) is 0 Å². The maximum atomic E-state index is 14.8. The van der Waals surface area contributed by atoms with E-state index in [1.54, 1.807) is 6.07 Å². The molecule has 3 heterocycles. The first kappa shape index (κ1) is 21.8. The van der Waals surface area contributed by atoms with Gasteiger partial charge >= 0.3 is 0 Å². The molecule has 0 spiro atoms. The molecule has 2 aromatic rings. The number of pyridine rings is 1. The van der Waals surface area contributed by atoms with Gasteiger partial charge in [0.1, 0.15) is 11.9 Å². The van der Waals surface area contributed by atoms with Gasteiger partial charge in [0, 0.05) is 36.3 Å². The van der Waals surface area contributed by atoms with E-state index >= 15 is 0 Å². The number of nitriles is 1. The highest BCUT2D eigenvalue weighted by Crippen LogP contribution is 2.39. The van der Waals surface area contributed by atoms with Gasteiger partial charge in [-0.2, -0.15) is 5.26 Å². The predicted molar refractivity (Wildman–Crippen MR) is 118 cm³/mol. The first-order valence-electron chi connectivity index (χ1n) is 10.7. The number of carbonyl (C=O) groups excluding carboxylic acids is 2. The van der Waals surface area contributed by atoms with Crippen LogP contribution in [0.15, 0.2) is 30.1 Å². The molecule has 0 aromatic carbocycles. The normalized spacial score (nSPS) is 19.0. The quantitative estimate of drug-likeness (QED) is 0.761. The second-order valence-corrected chi connectivity index (χ2v) is 9.36. The van der Waals surface area contributed by atoms with Gasteiger partial charge in [-0.25, -0.2) is 9.37 Å². The highest BCUT2D eigenvalue weighted by molar-refractivity contribution is 5.92. The van der Waals surface area contributed by atoms with Crippen molar-refractivity contribution in [1.82, 2.24) is 14.9 Å². The van der Waals surface area contributed by atoms with Gasteiger partial charge in [0.25, 0.3) is 0 Å². The number of nitrogens with zero attached hydrogens (tertiary/aromatic N) is 3. The fraction of sp³-hybridized carbons (Fsp3) is 0.417.